The zero-order valence-corrected chi connectivity index (χ0v) is 18.8. The molecule has 3 heterocycles. The molecule has 1 aromatic carbocycles. The predicted molar refractivity (Wildman–Crippen MR) is 116 cm³/mol. The van der Waals surface area contributed by atoms with Gasteiger partial charge in [0.05, 0.1) is 17.9 Å². The minimum Gasteiger partial charge on any atom is -0.335 e. The molecule has 1 aliphatic rings. The van der Waals surface area contributed by atoms with E-state index in [1.165, 1.54) is 17.3 Å². The molecule has 4 rings (SSSR count). The minimum absolute atomic E-state index is 0. The summed E-state index contributed by atoms with van der Waals surface area (Å²) in [5.74, 6) is -5.07. The monoisotopic (exact) mass is 519 g/mol. The van der Waals surface area contributed by atoms with E-state index in [-0.39, 0.29) is 61.8 Å². The Hall–Kier alpha value is -3.12. The lowest BCUT2D eigenvalue weighted by Crippen LogP contribution is -2.42. The van der Waals surface area contributed by atoms with Crippen LogP contribution < -0.4 is 5.73 Å². The molecule has 0 spiro atoms. The lowest BCUT2D eigenvalue weighted by Gasteiger charge is -2.30. The van der Waals surface area contributed by atoms with Crippen molar-refractivity contribution in [1.82, 2.24) is 19.4 Å². The van der Waals surface area contributed by atoms with E-state index in [1.54, 1.807) is 12.1 Å². The number of benzene rings is 1. The van der Waals surface area contributed by atoms with Crippen molar-refractivity contribution in [3.8, 4) is 11.3 Å². The Balaban J connectivity index is 0.00000342. The van der Waals surface area contributed by atoms with Gasteiger partial charge in [0, 0.05) is 49.6 Å². The Morgan fingerprint density at radius 1 is 1.11 bits per heavy atom. The van der Waals surface area contributed by atoms with Crippen LogP contribution in [0.2, 0.25) is 0 Å². The summed E-state index contributed by atoms with van der Waals surface area (Å²) in [7, 11) is 0. The van der Waals surface area contributed by atoms with Gasteiger partial charge in [-0.2, -0.15) is 13.2 Å². The van der Waals surface area contributed by atoms with Crippen LogP contribution in [0.1, 0.15) is 23.5 Å². The number of halogens is 7. The van der Waals surface area contributed by atoms with Gasteiger partial charge in [-0.05, 0) is 30.2 Å². The fourth-order valence-corrected chi connectivity index (χ4v) is 3.96. The lowest BCUT2D eigenvalue weighted by atomic mass is 10.0. The number of alkyl halides is 3. The number of hydrogen-bond donors (Lipinski definition) is 1. The zero-order chi connectivity index (χ0) is 24.6. The molecule has 0 bridgehead atoms. The molecule has 0 aliphatic carbocycles. The molecule has 0 saturated carbocycles. The number of hydrogen-bond acceptors (Lipinski definition) is 4. The van der Waals surface area contributed by atoms with Crippen molar-refractivity contribution in [2.45, 2.75) is 38.1 Å². The highest BCUT2D eigenvalue weighted by Crippen LogP contribution is 2.35. The van der Waals surface area contributed by atoms with Crippen LogP contribution in [0, 0.1) is 17.5 Å². The second kappa shape index (κ2) is 10.2. The number of nitrogens with two attached hydrogens (primary N) is 1. The largest absolute Gasteiger partial charge is 0.449 e. The first-order valence-electron chi connectivity index (χ1n) is 10.3. The first-order chi connectivity index (χ1) is 16.0. The van der Waals surface area contributed by atoms with Crippen molar-refractivity contribution in [2.75, 3.05) is 6.54 Å². The van der Waals surface area contributed by atoms with Gasteiger partial charge in [0.1, 0.15) is 5.82 Å². The van der Waals surface area contributed by atoms with E-state index in [0.717, 1.165) is 4.57 Å². The Bertz CT molecular complexity index is 1220. The SMILES string of the molecule is Cl.N[C@@H](CC(=O)N1CCn2c(C(F)(F)F)nc(-c3cccnc3)c2C1)Cc1cc(F)c(F)cc1F. The number of carbonyl (C=O) groups is 1. The van der Waals surface area contributed by atoms with Gasteiger partial charge in [0.2, 0.25) is 11.7 Å². The first kappa shape index (κ1) is 26.5. The van der Waals surface area contributed by atoms with E-state index in [9.17, 15) is 31.1 Å². The molecule has 0 radical (unpaired) electrons. The molecule has 2 aromatic heterocycles. The lowest BCUT2D eigenvalue weighted by molar-refractivity contribution is -0.148. The normalized spacial score (nSPS) is 14.3. The number of carbonyl (C=O) groups excluding carboxylic acids is 1. The van der Waals surface area contributed by atoms with Crippen molar-refractivity contribution in [3.63, 3.8) is 0 Å². The van der Waals surface area contributed by atoms with E-state index in [4.69, 9.17) is 5.73 Å². The summed E-state index contributed by atoms with van der Waals surface area (Å²) in [6.07, 6.45) is -2.31. The van der Waals surface area contributed by atoms with Crippen LogP contribution in [0.3, 0.4) is 0 Å². The standard InChI is InChI=1S/C22H19F6N5O.ClH/c23-15-9-17(25)16(24)7-13(15)6-14(29)8-19(34)32-4-5-33-18(11-32)20(12-2-1-3-30-10-12)31-21(33)22(26,27)28;/h1-3,7,9-10,14H,4-6,8,11,29H2;1H/t14-;/m1./s1. The highest BCUT2D eigenvalue weighted by molar-refractivity contribution is 5.85. The molecular weight excluding hydrogens is 500 g/mol. The highest BCUT2D eigenvalue weighted by Gasteiger charge is 2.40. The predicted octanol–water partition coefficient (Wildman–Crippen LogP) is 4.11. The van der Waals surface area contributed by atoms with Crippen molar-refractivity contribution in [2.24, 2.45) is 5.73 Å². The third-order valence-corrected chi connectivity index (χ3v) is 5.56. The molecule has 188 valence electrons. The summed E-state index contributed by atoms with van der Waals surface area (Å²) in [4.78, 5) is 21.9. The molecule has 0 saturated heterocycles. The third kappa shape index (κ3) is 5.59. The molecule has 13 heteroatoms. The van der Waals surface area contributed by atoms with Crippen molar-refractivity contribution in [1.29, 1.82) is 0 Å². The van der Waals surface area contributed by atoms with Crippen LogP contribution in [-0.2, 0) is 30.5 Å². The summed E-state index contributed by atoms with van der Waals surface area (Å²) >= 11 is 0. The van der Waals surface area contributed by atoms with E-state index < -0.39 is 41.4 Å². The Morgan fingerprint density at radius 3 is 2.49 bits per heavy atom. The van der Waals surface area contributed by atoms with Gasteiger partial charge in [-0.3, -0.25) is 9.78 Å². The molecule has 35 heavy (non-hydrogen) atoms. The molecule has 1 atom stereocenters. The second-order valence-corrected chi connectivity index (χ2v) is 7.96. The maximum absolute atomic E-state index is 13.9. The van der Waals surface area contributed by atoms with Gasteiger partial charge in [-0.15, -0.1) is 12.4 Å². The van der Waals surface area contributed by atoms with Crippen LogP contribution in [0.5, 0.6) is 0 Å². The number of nitrogens with zero attached hydrogens (tertiary/aromatic N) is 4. The Morgan fingerprint density at radius 2 is 1.83 bits per heavy atom. The minimum atomic E-state index is -4.68. The van der Waals surface area contributed by atoms with Crippen LogP contribution in [0.4, 0.5) is 26.3 Å². The number of pyridine rings is 1. The fraction of sp³-hybridized carbons (Fsp3) is 0.318. The summed E-state index contributed by atoms with van der Waals surface area (Å²) in [6.45, 7) is -0.279. The van der Waals surface area contributed by atoms with E-state index in [2.05, 4.69) is 9.97 Å². The van der Waals surface area contributed by atoms with Crippen LogP contribution in [-0.4, -0.2) is 37.9 Å². The molecular formula is C22H20ClF6N5O. The molecule has 1 amide bonds. The van der Waals surface area contributed by atoms with Gasteiger partial charge in [0.15, 0.2) is 11.6 Å². The van der Waals surface area contributed by atoms with Crippen LogP contribution in [0.25, 0.3) is 11.3 Å². The number of rotatable bonds is 5. The number of aromatic nitrogens is 3. The van der Waals surface area contributed by atoms with E-state index in [1.807, 2.05) is 0 Å². The zero-order valence-electron chi connectivity index (χ0n) is 18.0. The van der Waals surface area contributed by atoms with Gasteiger partial charge in [-0.25, -0.2) is 18.2 Å². The third-order valence-electron chi connectivity index (χ3n) is 5.56. The summed E-state index contributed by atoms with van der Waals surface area (Å²) in [5, 5.41) is 0. The van der Waals surface area contributed by atoms with Gasteiger partial charge in [-0.1, -0.05) is 0 Å². The van der Waals surface area contributed by atoms with Gasteiger partial charge in [0.25, 0.3) is 0 Å². The average Bonchev–Trinajstić information content (AvgIpc) is 3.17. The van der Waals surface area contributed by atoms with E-state index >= 15 is 0 Å². The van der Waals surface area contributed by atoms with Crippen LogP contribution >= 0.6 is 12.4 Å². The number of fused-ring (bicyclic) bond motifs is 1. The molecule has 0 fully saturated rings. The summed E-state index contributed by atoms with van der Waals surface area (Å²) < 4.78 is 82.1. The number of imidazole rings is 1. The smallest absolute Gasteiger partial charge is 0.335 e. The maximum Gasteiger partial charge on any atom is 0.449 e. The second-order valence-electron chi connectivity index (χ2n) is 7.96. The Labute approximate surface area is 202 Å². The van der Waals surface area contributed by atoms with Gasteiger partial charge < -0.3 is 15.2 Å². The molecule has 3 aromatic rings. The van der Waals surface area contributed by atoms with Crippen molar-refractivity contribution in [3.05, 3.63) is 71.2 Å². The molecule has 2 N–H and O–H groups in total. The fourth-order valence-electron chi connectivity index (χ4n) is 3.96. The topological polar surface area (TPSA) is 77.0 Å². The first-order valence-corrected chi connectivity index (χ1v) is 10.3. The maximum atomic E-state index is 13.9. The molecule has 0 unspecified atom stereocenters. The Kier molecular flexibility index (Phi) is 7.75. The van der Waals surface area contributed by atoms with Gasteiger partial charge >= 0.3 is 6.18 Å². The van der Waals surface area contributed by atoms with Crippen molar-refractivity contribution >= 4 is 18.3 Å². The van der Waals surface area contributed by atoms with E-state index in [0.29, 0.717) is 17.7 Å². The molecule has 1 aliphatic heterocycles. The number of amides is 1. The summed E-state index contributed by atoms with van der Waals surface area (Å²) in [6, 6.07) is 3.32. The molecule has 6 nitrogen and oxygen atoms in total. The highest BCUT2D eigenvalue weighted by atomic mass is 35.5. The average molecular weight is 520 g/mol. The van der Waals surface area contributed by atoms with Crippen LogP contribution in [0.15, 0.2) is 36.7 Å². The summed E-state index contributed by atoms with van der Waals surface area (Å²) in [5.41, 5.74) is 6.43. The van der Waals surface area contributed by atoms with Crippen molar-refractivity contribution < 1.29 is 31.1 Å². The quantitative estimate of drug-likeness (QED) is 0.407.